The van der Waals surface area contributed by atoms with Gasteiger partial charge in [0, 0.05) is 13.2 Å². The Morgan fingerprint density at radius 3 is 2.94 bits per heavy atom. The molecule has 2 heterocycles. The van der Waals surface area contributed by atoms with Gasteiger partial charge in [0.05, 0.1) is 11.8 Å². The summed E-state index contributed by atoms with van der Waals surface area (Å²) in [5.41, 5.74) is 2.26. The van der Waals surface area contributed by atoms with Crippen LogP contribution in [-0.4, -0.2) is 29.5 Å². The van der Waals surface area contributed by atoms with Crippen LogP contribution in [0.25, 0.3) is 0 Å². The molecule has 1 aromatic heterocycles. The molecule has 17 heavy (non-hydrogen) atoms. The molecule has 5 nitrogen and oxygen atoms in total. The van der Waals surface area contributed by atoms with E-state index in [4.69, 9.17) is 10.00 Å². The monoisotopic (exact) mass is 232 g/mol. The van der Waals surface area contributed by atoms with Crippen molar-refractivity contribution in [3.8, 4) is 6.07 Å². The fourth-order valence-corrected chi connectivity index (χ4v) is 1.88. The molecule has 5 heteroatoms. The van der Waals surface area contributed by atoms with Gasteiger partial charge in [-0.3, -0.25) is 0 Å². The summed E-state index contributed by atoms with van der Waals surface area (Å²) in [6.07, 6.45) is 2.40. The molecule has 1 saturated heterocycles. The van der Waals surface area contributed by atoms with Gasteiger partial charge >= 0.3 is 0 Å². The Morgan fingerprint density at radius 2 is 2.29 bits per heavy atom. The highest BCUT2D eigenvalue weighted by molar-refractivity contribution is 5.55. The van der Waals surface area contributed by atoms with E-state index in [1.165, 1.54) is 0 Å². The topological polar surface area (TPSA) is 70.8 Å². The maximum Gasteiger partial charge on any atom is 0.167 e. The van der Waals surface area contributed by atoms with E-state index < -0.39 is 0 Å². The molecule has 1 aliphatic heterocycles. The minimum absolute atomic E-state index is 0.227. The van der Waals surface area contributed by atoms with Gasteiger partial charge in [0.25, 0.3) is 0 Å². The van der Waals surface area contributed by atoms with Crippen LogP contribution in [0.2, 0.25) is 0 Å². The van der Waals surface area contributed by atoms with Gasteiger partial charge in [-0.05, 0) is 32.3 Å². The Morgan fingerprint density at radius 1 is 1.47 bits per heavy atom. The SMILES string of the molecule is Cc1nnc(NC[C@@H]2CCCO2)c(C#N)c1C. The molecule has 0 amide bonds. The van der Waals surface area contributed by atoms with Crippen LogP contribution in [0.4, 0.5) is 5.82 Å². The highest BCUT2D eigenvalue weighted by atomic mass is 16.5. The second kappa shape index (κ2) is 5.11. The first-order chi connectivity index (χ1) is 8.22. The first-order valence-electron chi connectivity index (χ1n) is 5.82. The number of aromatic nitrogens is 2. The van der Waals surface area contributed by atoms with Gasteiger partial charge in [0.2, 0.25) is 0 Å². The molecule has 1 N–H and O–H groups in total. The zero-order valence-corrected chi connectivity index (χ0v) is 10.2. The average Bonchev–Trinajstić information content (AvgIpc) is 2.83. The van der Waals surface area contributed by atoms with E-state index in [9.17, 15) is 0 Å². The molecule has 0 saturated carbocycles. The minimum Gasteiger partial charge on any atom is -0.376 e. The minimum atomic E-state index is 0.227. The Bertz CT molecular complexity index is 447. The third-order valence-corrected chi connectivity index (χ3v) is 3.09. The maximum atomic E-state index is 9.13. The normalized spacial score (nSPS) is 19.0. The summed E-state index contributed by atoms with van der Waals surface area (Å²) >= 11 is 0. The first-order valence-corrected chi connectivity index (χ1v) is 5.82. The summed E-state index contributed by atoms with van der Waals surface area (Å²) in [5.74, 6) is 0.561. The van der Waals surface area contributed by atoms with Crippen LogP contribution in [0.3, 0.4) is 0 Å². The summed E-state index contributed by atoms with van der Waals surface area (Å²) in [5, 5.41) is 20.3. The third kappa shape index (κ3) is 2.53. The smallest absolute Gasteiger partial charge is 0.167 e. The van der Waals surface area contributed by atoms with Gasteiger partial charge in [-0.2, -0.15) is 10.4 Å². The van der Waals surface area contributed by atoms with E-state index in [2.05, 4.69) is 21.6 Å². The van der Waals surface area contributed by atoms with Crippen LogP contribution >= 0.6 is 0 Å². The molecule has 1 aliphatic rings. The molecular formula is C12H16N4O. The predicted octanol–water partition coefficient (Wildman–Crippen LogP) is 1.56. The molecule has 0 bridgehead atoms. The molecular weight excluding hydrogens is 216 g/mol. The van der Waals surface area contributed by atoms with Gasteiger partial charge < -0.3 is 10.1 Å². The summed E-state index contributed by atoms with van der Waals surface area (Å²) < 4.78 is 5.51. The quantitative estimate of drug-likeness (QED) is 0.856. The number of hydrogen-bond donors (Lipinski definition) is 1. The lowest BCUT2D eigenvalue weighted by atomic mass is 10.1. The van der Waals surface area contributed by atoms with Crippen molar-refractivity contribution in [1.82, 2.24) is 10.2 Å². The number of nitrogens with one attached hydrogen (secondary N) is 1. The zero-order valence-electron chi connectivity index (χ0n) is 10.2. The van der Waals surface area contributed by atoms with Crippen LogP contribution in [-0.2, 0) is 4.74 Å². The van der Waals surface area contributed by atoms with Gasteiger partial charge in [0.1, 0.15) is 11.6 Å². The summed E-state index contributed by atoms with van der Waals surface area (Å²) in [6, 6.07) is 2.17. The molecule has 0 aromatic carbocycles. The number of hydrogen-bond acceptors (Lipinski definition) is 5. The number of rotatable bonds is 3. The average molecular weight is 232 g/mol. The lowest BCUT2D eigenvalue weighted by Crippen LogP contribution is -2.20. The highest BCUT2D eigenvalue weighted by Gasteiger charge is 2.17. The Balaban J connectivity index is 2.10. The van der Waals surface area contributed by atoms with Crippen molar-refractivity contribution in [2.45, 2.75) is 32.8 Å². The van der Waals surface area contributed by atoms with Crippen LogP contribution in [0.15, 0.2) is 0 Å². The largest absolute Gasteiger partial charge is 0.376 e. The highest BCUT2D eigenvalue weighted by Crippen LogP contribution is 2.18. The van der Waals surface area contributed by atoms with E-state index in [-0.39, 0.29) is 6.10 Å². The van der Waals surface area contributed by atoms with Gasteiger partial charge in [-0.25, -0.2) is 0 Å². The van der Waals surface area contributed by atoms with Crippen LogP contribution in [0.1, 0.15) is 29.7 Å². The van der Waals surface area contributed by atoms with E-state index in [1.54, 1.807) is 0 Å². The lowest BCUT2D eigenvalue weighted by Gasteiger charge is -2.13. The van der Waals surface area contributed by atoms with Crippen molar-refractivity contribution >= 4 is 5.82 Å². The third-order valence-electron chi connectivity index (χ3n) is 3.09. The Hall–Kier alpha value is -1.67. The molecule has 1 atom stereocenters. The molecule has 0 aliphatic carbocycles. The fourth-order valence-electron chi connectivity index (χ4n) is 1.88. The number of ether oxygens (including phenoxy) is 1. The van der Waals surface area contributed by atoms with Crippen LogP contribution < -0.4 is 5.32 Å². The number of aryl methyl sites for hydroxylation is 1. The zero-order chi connectivity index (χ0) is 12.3. The van der Waals surface area contributed by atoms with Crippen LogP contribution in [0.5, 0.6) is 0 Å². The maximum absolute atomic E-state index is 9.13. The number of nitrogens with zero attached hydrogens (tertiary/aromatic N) is 3. The number of anilines is 1. The molecule has 90 valence electrons. The first kappa shape index (κ1) is 11.8. The summed E-state index contributed by atoms with van der Waals surface area (Å²) in [7, 11) is 0. The van der Waals surface area contributed by atoms with E-state index in [1.807, 2.05) is 13.8 Å². The van der Waals surface area contributed by atoms with Gasteiger partial charge in [0.15, 0.2) is 5.82 Å². The van der Waals surface area contributed by atoms with Crippen molar-refractivity contribution < 1.29 is 4.74 Å². The van der Waals surface area contributed by atoms with Crippen molar-refractivity contribution in [1.29, 1.82) is 5.26 Å². The van der Waals surface area contributed by atoms with Gasteiger partial charge in [-0.1, -0.05) is 0 Å². The second-order valence-corrected chi connectivity index (χ2v) is 4.26. The second-order valence-electron chi connectivity index (χ2n) is 4.26. The van der Waals surface area contributed by atoms with Crippen molar-refractivity contribution in [2.24, 2.45) is 0 Å². The Kier molecular flexibility index (Phi) is 3.55. The molecule has 0 spiro atoms. The van der Waals surface area contributed by atoms with Crippen molar-refractivity contribution in [3.63, 3.8) is 0 Å². The fraction of sp³-hybridized carbons (Fsp3) is 0.583. The number of nitriles is 1. The van der Waals surface area contributed by atoms with E-state index in [0.717, 1.165) is 30.7 Å². The molecule has 0 radical (unpaired) electrons. The van der Waals surface area contributed by atoms with Crippen molar-refractivity contribution in [2.75, 3.05) is 18.5 Å². The van der Waals surface area contributed by atoms with Crippen molar-refractivity contribution in [3.05, 3.63) is 16.8 Å². The molecule has 0 unspecified atom stereocenters. The summed E-state index contributed by atoms with van der Waals surface area (Å²) in [4.78, 5) is 0. The Labute approximate surface area is 101 Å². The van der Waals surface area contributed by atoms with E-state index >= 15 is 0 Å². The molecule has 1 aromatic rings. The van der Waals surface area contributed by atoms with Crippen LogP contribution in [0, 0.1) is 25.2 Å². The lowest BCUT2D eigenvalue weighted by molar-refractivity contribution is 0.120. The summed E-state index contributed by atoms with van der Waals surface area (Å²) in [6.45, 7) is 5.26. The molecule has 1 fully saturated rings. The molecule has 2 rings (SSSR count). The van der Waals surface area contributed by atoms with E-state index in [0.29, 0.717) is 17.9 Å². The standard InChI is InChI=1S/C12H16N4O/c1-8-9(2)15-16-12(11(8)6-13)14-7-10-4-3-5-17-10/h10H,3-5,7H2,1-2H3,(H,14,16)/t10-/m0/s1. The predicted molar refractivity (Wildman–Crippen MR) is 63.7 cm³/mol. The van der Waals surface area contributed by atoms with Gasteiger partial charge in [-0.15, -0.1) is 5.10 Å².